The van der Waals surface area contributed by atoms with Gasteiger partial charge in [0.05, 0.1) is 0 Å². The summed E-state index contributed by atoms with van der Waals surface area (Å²) in [7, 11) is 0. The average Bonchev–Trinajstić information content (AvgIpc) is 3.21. The molecule has 1 amide bonds. The van der Waals surface area contributed by atoms with Crippen molar-refractivity contribution in [3.05, 3.63) is 35.0 Å². The first-order valence-electron chi connectivity index (χ1n) is 6.98. The number of rotatable bonds is 6. The molecular formula is C15H18ClN3O. The predicted octanol–water partition coefficient (Wildman–Crippen LogP) is 2.44. The molecule has 1 saturated carbocycles. The van der Waals surface area contributed by atoms with Crippen molar-refractivity contribution in [1.29, 1.82) is 0 Å². The first-order valence-corrected chi connectivity index (χ1v) is 7.36. The van der Waals surface area contributed by atoms with Crippen LogP contribution in [0.15, 0.2) is 24.4 Å². The number of hydrogen-bond acceptors (Lipinski definition) is 2. The van der Waals surface area contributed by atoms with E-state index in [1.165, 1.54) is 10.9 Å². The Hall–Kier alpha value is -1.52. The second-order valence-corrected chi connectivity index (χ2v) is 5.68. The van der Waals surface area contributed by atoms with Gasteiger partial charge in [-0.2, -0.15) is 0 Å². The van der Waals surface area contributed by atoms with Crippen molar-refractivity contribution in [2.24, 2.45) is 5.92 Å². The quantitative estimate of drug-likeness (QED) is 0.716. The number of hydrogen-bond donors (Lipinski definition) is 3. The molecule has 1 aromatic carbocycles. The Morgan fingerprint density at radius 1 is 1.35 bits per heavy atom. The van der Waals surface area contributed by atoms with Gasteiger partial charge in [-0.15, -0.1) is 0 Å². The third-order valence-electron chi connectivity index (χ3n) is 3.59. The fraction of sp³-hybridized carbons (Fsp3) is 0.400. The number of benzene rings is 1. The van der Waals surface area contributed by atoms with Crippen LogP contribution in [-0.2, 0) is 11.3 Å². The minimum Gasteiger partial charge on any atom is -0.361 e. The van der Waals surface area contributed by atoms with E-state index >= 15 is 0 Å². The second-order valence-electron chi connectivity index (χ2n) is 5.25. The highest BCUT2D eigenvalue weighted by molar-refractivity contribution is 6.31. The molecule has 0 spiro atoms. The molecule has 3 N–H and O–H groups in total. The van der Waals surface area contributed by atoms with Gasteiger partial charge in [-0.1, -0.05) is 17.7 Å². The van der Waals surface area contributed by atoms with Crippen LogP contribution in [-0.4, -0.2) is 24.0 Å². The van der Waals surface area contributed by atoms with Crippen LogP contribution < -0.4 is 10.6 Å². The highest BCUT2D eigenvalue weighted by Crippen LogP contribution is 2.28. The molecule has 0 bridgehead atoms. The van der Waals surface area contributed by atoms with Gasteiger partial charge in [-0.05, 0) is 30.5 Å². The van der Waals surface area contributed by atoms with Gasteiger partial charge in [-0.3, -0.25) is 4.79 Å². The lowest BCUT2D eigenvalue weighted by atomic mass is 10.2. The first-order chi connectivity index (χ1) is 9.74. The van der Waals surface area contributed by atoms with E-state index in [0.717, 1.165) is 36.5 Å². The summed E-state index contributed by atoms with van der Waals surface area (Å²) in [5.41, 5.74) is 2.27. The fourth-order valence-electron chi connectivity index (χ4n) is 2.29. The molecule has 1 aliphatic carbocycles. The van der Waals surface area contributed by atoms with Crippen molar-refractivity contribution in [2.45, 2.75) is 19.4 Å². The molecule has 1 fully saturated rings. The number of H-pyrrole nitrogens is 1. The monoisotopic (exact) mass is 291 g/mol. The minimum atomic E-state index is 0.202. The number of halogens is 1. The first kappa shape index (κ1) is 13.5. The van der Waals surface area contributed by atoms with E-state index in [2.05, 4.69) is 15.6 Å². The molecule has 106 valence electrons. The molecule has 0 radical (unpaired) electrons. The summed E-state index contributed by atoms with van der Waals surface area (Å²) < 4.78 is 0. The van der Waals surface area contributed by atoms with Gasteiger partial charge >= 0.3 is 0 Å². The van der Waals surface area contributed by atoms with E-state index < -0.39 is 0 Å². The molecule has 3 rings (SSSR count). The third kappa shape index (κ3) is 3.14. The van der Waals surface area contributed by atoms with Crippen molar-refractivity contribution in [1.82, 2.24) is 15.6 Å². The molecule has 0 atom stereocenters. The van der Waals surface area contributed by atoms with Crippen LogP contribution in [0.25, 0.3) is 10.9 Å². The zero-order valence-corrected chi connectivity index (χ0v) is 12.0. The van der Waals surface area contributed by atoms with Crippen molar-refractivity contribution in [3.8, 4) is 0 Å². The Morgan fingerprint density at radius 3 is 3.00 bits per heavy atom. The smallest absolute Gasteiger partial charge is 0.223 e. The summed E-state index contributed by atoms with van der Waals surface area (Å²) in [6.45, 7) is 2.24. The lowest BCUT2D eigenvalue weighted by molar-refractivity contribution is -0.122. The summed E-state index contributed by atoms with van der Waals surface area (Å²) in [5.74, 6) is 0.488. The van der Waals surface area contributed by atoms with Crippen molar-refractivity contribution in [3.63, 3.8) is 0 Å². The molecule has 20 heavy (non-hydrogen) atoms. The van der Waals surface area contributed by atoms with Crippen molar-refractivity contribution < 1.29 is 4.79 Å². The molecule has 5 heteroatoms. The molecule has 4 nitrogen and oxygen atoms in total. The second kappa shape index (κ2) is 5.85. The lowest BCUT2D eigenvalue weighted by Crippen LogP contribution is -2.32. The van der Waals surface area contributed by atoms with E-state index in [0.29, 0.717) is 6.54 Å². The topological polar surface area (TPSA) is 56.9 Å². The van der Waals surface area contributed by atoms with Gasteiger partial charge in [0.1, 0.15) is 0 Å². The Bertz CT molecular complexity index is 619. The highest BCUT2D eigenvalue weighted by Gasteiger charge is 2.28. The summed E-state index contributed by atoms with van der Waals surface area (Å²) in [6.07, 6.45) is 4.10. The maximum absolute atomic E-state index is 11.4. The molecule has 0 unspecified atom stereocenters. The van der Waals surface area contributed by atoms with Gasteiger partial charge < -0.3 is 15.6 Å². The van der Waals surface area contributed by atoms with Crippen molar-refractivity contribution in [2.75, 3.05) is 13.1 Å². The summed E-state index contributed by atoms with van der Waals surface area (Å²) in [6, 6.07) is 5.85. The molecule has 0 saturated heterocycles. The summed E-state index contributed by atoms with van der Waals surface area (Å²) >= 11 is 5.96. The fourth-order valence-corrected chi connectivity index (χ4v) is 2.46. The number of nitrogens with one attached hydrogen (secondary N) is 3. The zero-order valence-electron chi connectivity index (χ0n) is 11.2. The van der Waals surface area contributed by atoms with E-state index in [4.69, 9.17) is 11.6 Å². The summed E-state index contributed by atoms with van der Waals surface area (Å²) in [4.78, 5) is 14.7. The van der Waals surface area contributed by atoms with Crippen LogP contribution in [0.4, 0.5) is 0 Å². The Labute approximate surface area is 122 Å². The van der Waals surface area contributed by atoms with Crippen LogP contribution in [0.5, 0.6) is 0 Å². The number of carbonyl (C=O) groups is 1. The molecule has 1 aliphatic rings. The van der Waals surface area contributed by atoms with E-state index in [-0.39, 0.29) is 11.8 Å². The van der Waals surface area contributed by atoms with Gasteiger partial charge in [0.15, 0.2) is 0 Å². The molecule has 1 heterocycles. The Balaban J connectivity index is 1.46. The zero-order chi connectivity index (χ0) is 13.9. The van der Waals surface area contributed by atoms with Crippen molar-refractivity contribution >= 4 is 28.4 Å². The van der Waals surface area contributed by atoms with Gasteiger partial charge in [0, 0.05) is 47.7 Å². The largest absolute Gasteiger partial charge is 0.361 e. The highest BCUT2D eigenvalue weighted by atomic mass is 35.5. The molecule has 1 aromatic heterocycles. The number of fused-ring (bicyclic) bond motifs is 1. The number of amides is 1. The van der Waals surface area contributed by atoms with E-state index in [1.54, 1.807) is 0 Å². The molecular weight excluding hydrogens is 274 g/mol. The predicted molar refractivity (Wildman–Crippen MR) is 80.7 cm³/mol. The normalized spacial score (nSPS) is 14.7. The third-order valence-corrected chi connectivity index (χ3v) is 3.83. The van der Waals surface area contributed by atoms with Crippen LogP contribution in [0.2, 0.25) is 5.02 Å². The summed E-state index contributed by atoms with van der Waals surface area (Å²) in [5, 5.41) is 8.21. The standard InChI is InChI=1S/C15H18ClN3O/c16-12-3-4-13-11(9-19-14(13)7-12)8-17-5-6-18-15(20)10-1-2-10/h3-4,7,9-10,17,19H,1-2,5-6,8H2,(H,18,20). The van der Waals surface area contributed by atoms with Gasteiger partial charge in [0.2, 0.25) is 5.91 Å². The van der Waals surface area contributed by atoms with Gasteiger partial charge in [0.25, 0.3) is 0 Å². The Kier molecular flexibility index (Phi) is 3.94. The maximum atomic E-state index is 11.4. The minimum absolute atomic E-state index is 0.202. The van der Waals surface area contributed by atoms with Crippen LogP contribution in [0.1, 0.15) is 18.4 Å². The Morgan fingerprint density at radius 2 is 2.20 bits per heavy atom. The van der Waals surface area contributed by atoms with Crippen LogP contribution in [0, 0.1) is 5.92 Å². The number of aromatic amines is 1. The van der Waals surface area contributed by atoms with Crippen LogP contribution in [0.3, 0.4) is 0 Å². The SMILES string of the molecule is O=C(NCCNCc1c[nH]c2cc(Cl)ccc12)C1CC1. The van der Waals surface area contributed by atoms with Crippen LogP contribution >= 0.6 is 11.6 Å². The molecule has 0 aliphatic heterocycles. The number of carbonyl (C=O) groups excluding carboxylic acids is 1. The average molecular weight is 292 g/mol. The number of aromatic nitrogens is 1. The van der Waals surface area contributed by atoms with Gasteiger partial charge in [-0.25, -0.2) is 0 Å². The molecule has 2 aromatic rings. The van der Waals surface area contributed by atoms with E-state index in [1.807, 2.05) is 24.4 Å². The van der Waals surface area contributed by atoms with E-state index in [9.17, 15) is 4.79 Å². The maximum Gasteiger partial charge on any atom is 0.223 e. The lowest BCUT2D eigenvalue weighted by Gasteiger charge is -2.06.